The Labute approximate surface area is 88.8 Å². The maximum absolute atomic E-state index is 12.5. The van der Waals surface area contributed by atoms with Crippen LogP contribution in [0, 0.1) is 5.41 Å². The van der Waals surface area contributed by atoms with Crippen molar-refractivity contribution in [3.63, 3.8) is 0 Å². The van der Waals surface area contributed by atoms with Crippen LogP contribution in [0.2, 0.25) is 0 Å². The number of hydrogen-bond acceptors (Lipinski definition) is 2. The van der Waals surface area contributed by atoms with Crippen LogP contribution in [-0.4, -0.2) is 28.7 Å². The van der Waals surface area contributed by atoms with E-state index in [1.807, 2.05) is 5.32 Å². The van der Waals surface area contributed by atoms with Gasteiger partial charge in [0.25, 0.3) is 0 Å². The molecule has 2 saturated carbocycles. The van der Waals surface area contributed by atoms with Crippen molar-refractivity contribution >= 4 is 11.9 Å². The van der Waals surface area contributed by atoms with Crippen molar-refractivity contribution in [1.82, 2.24) is 5.32 Å². The second kappa shape index (κ2) is 2.89. The van der Waals surface area contributed by atoms with Crippen LogP contribution >= 0.6 is 0 Å². The lowest BCUT2D eigenvalue weighted by Gasteiger charge is -2.22. The largest absolute Gasteiger partial charge is 0.480 e. The predicted octanol–water partition coefficient (Wildman–Crippen LogP) is 1.06. The average molecular weight is 237 g/mol. The highest BCUT2D eigenvalue weighted by molar-refractivity contribution is 6.05. The van der Waals surface area contributed by atoms with Crippen molar-refractivity contribution in [2.45, 2.75) is 37.4 Å². The van der Waals surface area contributed by atoms with Crippen LogP contribution in [0.4, 0.5) is 13.2 Å². The highest BCUT2D eigenvalue weighted by Crippen LogP contribution is 2.52. The van der Waals surface area contributed by atoms with Crippen LogP contribution in [0.15, 0.2) is 0 Å². The van der Waals surface area contributed by atoms with Crippen molar-refractivity contribution in [1.29, 1.82) is 0 Å². The summed E-state index contributed by atoms with van der Waals surface area (Å²) in [5.74, 6) is -2.35. The number of carboxylic acids is 1. The first-order valence-corrected chi connectivity index (χ1v) is 4.86. The number of carboxylic acid groups (broad SMARTS) is 1. The molecule has 0 aromatic heterocycles. The molecule has 0 aromatic carbocycles. The van der Waals surface area contributed by atoms with Crippen LogP contribution in [0.25, 0.3) is 0 Å². The number of carbonyl (C=O) groups is 2. The monoisotopic (exact) mass is 237 g/mol. The molecule has 4 nitrogen and oxygen atoms in total. The fourth-order valence-electron chi connectivity index (χ4n) is 1.60. The molecule has 0 heterocycles. The van der Waals surface area contributed by atoms with Crippen molar-refractivity contribution in [2.24, 2.45) is 5.41 Å². The topological polar surface area (TPSA) is 66.4 Å². The number of amides is 1. The zero-order chi connectivity index (χ0) is 12.2. The number of nitrogens with one attached hydrogen (secondary N) is 1. The number of rotatable bonds is 3. The fourth-order valence-corrected chi connectivity index (χ4v) is 1.60. The number of hydrogen-bond donors (Lipinski definition) is 2. The van der Waals surface area contributed by atoms with Gasteiger partial charge >= 0.3 is 12.1 Å². The molecule has 2 rings (SSSR count). The summed E-state index contributed by atoms with van der Waals surface area (Å²) in [6.07, 6.45) is -4.61. The molecule has 7 heteroatoms. The van der Waals surface area contributed by atoms with E-state index in [1.54, 1.807) is 0 Å². The van der Waals surface area contributed by atoms with Crippen LogP contribution in [0.3, 0.4) is 0 Å². The van der Waals surface area contributed by atoms with Gasteiger partial charge < -0.3 is 10.4 Å². The molecule has 0 aliphatic heterocycles. The van der Waals surface area contributed by atoms with Crippen molar-refractivity contribution in [2.75, 3.05) is 0 Å². The summed E-state index contributed by atoms with van der Waals surface area (Å²) in [7, 11) is 0. The van der Waals surface area contributed by atoms with Crippen molar-refractivity contribution < 1.29 is 27.9 Å². The van der Waals surface area contributed by atoms with Gasteiger partial charge in [-0.1, -0.05) is 0 Å². The van der Waals surface area contributed by atoms with E-state index in [1.165, 1.54) is 0 Å². The molecule has 2 fully saturated rings. The van der Waals surface area contributed by atoms with Gasteiger partial charge in [0.05, 0.1) is 0 Å². The van der Waals surface area contributed by atoms with Crippen molar-refractivity contribution in [3.05, 3.63) is 0 Å². The summed E-state index contributed by atoms with van der Waals surface area (Å²) < 4.78 is 37.5. The molecule has 0 saturated heterocycles. The third kappa shape index (κ3) is 1.45. The minimum atomic E-state index is -4.50. The third-order valence-electron chi connectivity index (χ3n) is 3.24. The molecular formula is C9H10F3NO3. The maximum Gasteiger partial charge on any atom is 0.411 e. The number of halogens is 3. The summed E-state index contributed by atoms with van der Waals surface area (Å²) in [5, 5.41) is 10.6. The SMILES string of the molecule is O=C(O)C1(C(=O)NC2(C(F)(F)F)CC2)CC1. The molecule has 16 heavy (non-hydrogen) atoms. The quantitative estimate of drug-likeness (QED) is 0.721. The Hall–Kier alpha value is -1.27. The van der Waals surface area contributed by atoms with E-state index >= 15 is 0 Å². The van der Waals surface area contributed by atoms with Gasteiger partial charge in [-0.25, -0.2) is 0 Å². The minimum absolute atomic E-state index is 0.113. The second-order valence-corrected chi connectivity index (χ2v) is 4.42. The summed E-state index contributed by atoms with van der Waals surface area (Å²) in [5.41, 5.74) is -3.78. The summed E-state index contributed by atoms with van der Waals surface area (Å²) in [6.45, 7) is 0. The smallest absolute Gasteiger partial charge is 0.411 e. The van der Waals surface area contributed by atoms with Gasteiger partial charge in [-0.15, -0.1) is 0 Å². The molecule has 2 N–H and O–H groups in total. The van der Waals surface area contributed by atoms with Crippen LogP contribution in [-0.2, 0) is 9.59 Å². The van der Waals surface area contributed by atoms with Crippen LogP contribution in [0.5, 0.6) is 0 Å². The molecular weight excluding hydrogens is 227 g/mol. The van der Waals surface area contributed by atoms with Crippen LogP contribution < -0.4 is 5.32 Å². The number of carbonyl (C=O) groups excluding carboxylic acids is 1. The molecule has 0 radical (unpaired) electrons. The Morgan fingerprint density at radius 2 is 1.62 bits per heavy atom. The molecule has 0 unspecified atom stereocenters. The molecule has 2 aliphatic carbocycles. The van der Waals surface area contributed by atoms with Gasteiger partial charge in [0.1, 0.15) is 11.0 Å². The first kappa shape index (κ1) is 11.2. The molecule has 90 valence electrons. The third-order valence-corrected chi connectivity index (χ3v) is 3.24. The number of aliphatic carboxylic acids is 1. The average Bonchev–Trinajstić information content (AvgIpc) is 2.97. The normalized spacial score (nSPS) is 24.7. The van der Waals surface area contributed by atoms with E-state index in [4.69, 9.17) is 5.11 Å². The zero-order valence-corrected chi connectivity index (χ0v) is 8.23. The van der Waals surface area contributed by atoms with E-state index in [2.05, 4.69) is 0 Å². The Kier molecular flexibility index (Phi) is 2.03. The highest BCUT2D eigenvalue weighted by atomic mass is 19.4. The zero-order valence-electron chi connectivity index (χ0n) is 8.23. The molecule has 1 amide bonds. The van der Waals surface area contributed by atoms with Crippen LogP contribution in [0.1, 0.15) is 25.7 Å². The standard InChI is InChI=1S/C9H10F3NO3/c10-9(11,12)8(3-4-8)13-5(14)7(1-2-7)6(15)16/h1-4H2,(H,13,14)(H,15,16). The Morgan fingerprint density at radius 3 is 1.88 bits per heavy atom. The van der Waals surface area contributed by atoms with Crippen molar-refractivity contribution in [3.8, 4) is 0 Å². The summed E-state index contributed by atoms with van der Waals surface area (Å²) in [6, 6.07) is 0. The predicted molar refractivity (Wildman–Crippen MR) is 45.5 cm³/mol. The van der Waals surface area contributed by atoms with Gasteiger partial charge in [0.2, 0.25) is 5.91 Å². The lowest BCUT2D eigenvalue weighted by Crippen LogP contribution is -2.51. The van der Waals surface area contributed by atoms with Gasteiger partial charge in [-0.3, -0.25) is 9.59 Å². The van der Waals surface area contributed by atoms with E-state index in [-0.39, 0.29) is 25.7 Å². The lowest BCUT2D eigenvalue weighted by atomic mass is 10.1. The van der Waals surface area contributed by atoms with Gasteiger partial charge in [0, 0.05) is 0 Å². The summed E-state index contributed by atoms with van der Waals surface area (Å²) in [4.78, 5) is 22.2. The lowest BCUT2D eigenvalue weighted by molar-refractivity contribution is -0.173. The Bertz CT molecular complexity index is 356. The Morgan fingerprint density at radius 1 is 1.12 bits per heavy atom. The molecule has 0 aromatic rings. The molecule has 2 aliphatic rings. The summed E-state index contributed by atoms with van der Waals surface area (Å²) >= 11 is 0. The maximum atomic E-state index is 12.5. The molecule has 0 atom stereocenters. The minimum Gasteiger partial charge on any atom is -0.480 e. The first-order valence-electron chi connectivity index (χ1n) is 4.86. The van der Waals surface area contributed by atoms with Gasteiger partial charge in [0.15, 0.2) is 0 Å². The number of alkyl halides is 3. The van der Waals surface area contributed by atoms with Gasteiger partial charge in [-0.05, 0) is 25.7 Å². The Balaban J connectivity index is 2.07. The first-order chi connectivity index (χ1) is 7.24. The van der Waals surface area contributed by atoms with E-state index < -0.39 is 29.0 Å². The molecule has 0 spiro atoms. The fraction of sp³-hybridized carbons (Fsp3) is 0.778. The van der Waals surface area contributed by atoms with E-state index in [9.17, 15) is 22.8 Å². The van der Waals surface area contributed by atoms with E-state index in [0.717, 1.165) is 0 Å². The van der Waals surface area contributed by atoms with E-state index in [0.29, 0.717) is 0 Å². The second-order valence-electron chi connectivity index (χ2n) is 4.42. The highest BCUT2D eigenvalue weighted by Gasteiger charge is 2.67. The molecule has 0 bridgehead atoms. The van der Waals surface area contributed by atoms with Gasteiger partial charge in [-0.2, -0.15) is 13.2 Å².